The van der Waals surface area contributed by atoms with Gasteiger partial charge in [-0.3, -0.25) is 0 Å². The summed E-state index contributed by atoms with van der Waals surface area (Å²) in [4.78, 5) is 12.6. The second-order valence-electron chi connectivity index (χ2n) is 5.06. The summed E-state index contributed by atoms with van der Waals surface area (Å²) < 4.78 is 1.17. The number of nitrogens with zero attached hydrogens (tertiary/aromatic N) is 3. The van der Waals surface area contributed by atoms with Crippen molar-refractivity contribution in [3.8, 4) is 0 Å². The molecular weight excluding hydrogens is 322 g/mol. The van der Waals surface area contributed by atoms with Crippen LogP contribution in [0.5, 0.6) is 0 Å². The van der Waals surface area contributed by atoms with Crippen LogP contribution in [0.2, 0.25) is 0 Å². The largest absolute Gasteiger partial charge is 0.335 e. The lowest BCUT2D eigenvalue weighted by Crippen LogP contribution is -2.16. The molecule has 0 amide bonds. The highest BCUT2D eigenvalue weighted by Crippen LogP contribution is 2.45. The van der Waals surface area contributed by atoms with Crippen molar-refractivity contribution in [2.24, 2.45) is 4.99 Å². The first kappa shape index (κ1) is 14.5. The summed E-state index contributed by atoms with van der Waals surface area (Å²) in [6.45, 7) is 3.12. The smallest absolute Gasteiger partial charge is 0.210 e. The van der Waals surface area contributed by atoms with E-state index in [1.54, 1.807) is 23.1 Å². The van der Waals surface area contributed by atoms with Gasteiger partial charge in [-0.05, 0) is 37.3 Å². The van der Waals surface area contributed by atoms with Gasteiger partial charge in [0.25, 0.3) is 0 Å². The highest BCUT2D eigenvalue weighted by atomic mass is 32.2. The van der Waals surface area contributed by atoms with E-state index in [-0.39, 0.29) is 0 Å². The number of rotatable bonds is 3. The summed E-state index contributed by atoms with van der Waals surface area (Å²) >= 11 is 3.40. The zero-order valence-corrected chi connectivity index (χ0v) is 14.3. The highest BCUT2D eigenvalue weighted by molar-refractivity contribution is 8.03. The Morgan fingerprint density at radius 1 is 1.13 bits per heavy atom. The third-order valence-corrected chi connectivity index (χ3v) is 5.71. The molecule has 4 rings (SSSR count). The van der Waals surface area contributed by atoms with Gasteiger partial charge in [0.2, 0.25) is 5.13 Å². The number of thiazole rings is 1. The second kappa shape index (κ2) is 6.18. The number of para-hydroxylation sites is 2. The minimum atomic E-state index is 0.798. The van der Waals surface area contributed by atoms with E-state index in [9.17, 15) is 0 Å². The van der Waals surface area contributed by atoms with Crippen molar-refractivity contribution >= 4 is 50.3 Å². The molecule has 114 valence electrons. The molecule has 3 aromatic rings. The average Bonchev–Trinajstić information content (AvgIpc) is 3.14. The van der Waals surface area contributed by atoms with Crippen molar-refractivity contribution in [1.29, 1.82) is 0 Å². The monoisotopic (exact) mass is 337 g/mol. The number of hydrogen-bond acceptors (Lipinski definition) is 5. The van der Waals surface area contributed by atoms with Crippen molar-refractivity contribution in [1.82, 2.24) is 4.98 Å². The van der Waals surface area contributed by atoms with E-state index < -0.39 is 0 Å². The molecule has 0 radical (unpaired) electrons. The zero-order valence-electron chi connectivity index (χ0n) is 12.6. The Hall–Kier alpha value is -2.11. The standard InChI is InChI=1S/C18H15N3S2/c1-2-21-14-8-4-6-10-16(14)22-17(21)11-12-19-18-20-13-7-3-5-9-15(13)23-18/h3-12H,2H2,1H3. The average molecular weight is 337 g/mol. The Morgan fingerprint density at radius 3 is 2.83 bits per heavy atom. The fourth-order valence-corrected chi connectivity index (χ4v) is 4.52. The SMILES string of the molecule is CCN1C(=CC=Nc2nc3ccccc3s2)Sc2ccccc21. The molecular formula is C18H15N3S2. The molecule has 5 heteroatoms. The molecule has 1 aliphatic rings. The number of fused-ring (bicyclic) bond motifs is 2. The third kappa shape index (κ3) is 2.78. The molecule has 0 aliphatic carbocycles. The van der Waals surface area contributed by atoms with E-state index >= 15 is 0 Å². The van der Waals surface area contributed by atoms with Crippen molar-refractivity contribution in [3.05, 3.63) is 59.6 Å². The maximum absolute atomic E-state index is 4.53. The summed E-state index contributed by atoms with van der Waals surface area (Å²) in [5.74, 6) is 0. The van der Waals surface area contributed by atoms with Crippen LogP contribution in [0, 0.1) is 0 Å². The number of hydrogen-bond donors (Lipinski definition) is 0. The molecule has 1 aromatic heterocycles. The number of thioether (sulfide) groups is 1. The van der Waals surface area contributed by atoms with Crippen LogP contribution < -0.4 is 4.90 Å². The maximum atomic E-state index is 4.53. The summed E-state index contributed by atoms with van der Waals surface area (Å²) in [6.07, 6.45) is 3.93. The number of aliphatic imine (C=N–C) groups is 1. The first-order chi connectivity index (χ1) is 11.3. The molecule has 0 N–H and O–H groups in total. The van der Waals surface area contributed by atoms with E-state index in [2.05, 4.69) is 58.2 Å². The molecule has 1 aliphatic heterocycles. The summed E-state index contributed by atoms with van der Waals surface area (Å²) in [6, 6.07) is 16.6. The van der Waals surface area contributed by atoms with Gasteiger partial charge >= 0.3 is 0 Å². The summed E-state index contributed by atoms with van der Waals surface area (Å²) in [7, 11) is 0. The Bertz CT molecular complexity index is 878. The highest BCUT2D eigenvalue weighted by Gasteiger charge is 2.22. The van der Waals surface area contributed by atoms with Crippen molar-refractivity contribution in [2.45, 2.75) is 11.8 Å². The van der Waals surface area contributed by atoms with E-state index in [4.69, 9.17) is 0 Å². The first-order valence-electron chi connectivity index (χ1n) is 7.49. The van der Waals surface area contributed by atoms with Crippen LogP contribution in [0.3, 0.4) is 0 Å². The summed E-state index contributed by atoms with van der Waals surface area (Å²) in [5.41, 5.74) is 2.29. The van der Waals surface area contributed by atoms with Crippen LogP contribution in [0.15, 0.2) is 69.5 Å². The molecule has 2 heterocycles. The van der Waals surface area contributed by atoms with Gasteiger partial charge in [0, 0.05) is 17.7 Å². The number of aromatic nitrogens is 1. The molecule has 0 saturated carbocycles. The second-order valence-corrected chi connectivity index (χ2v) is 7.13. The Morgan fingerprint density at radius 2 is 1.96 bits per heavy atom. The molecule has 2 aromatic carbocycles. The van der Waals surface area contributed by atoms with Crippen LogP contribution in [-0.2, 0) is 0 Å². The quantitative estimate of drug-likeness (QED) is 0.593. The van der Waals surface area contributed by atoms with Crippen LogP contribution in [-0.4, -0.2) is 17.7 Å². The van der Waals surface area contributed by atoms with Gasteiger partial charge in [0.15, 0.2) is 0 Å². The van der Waals surface area contributed by atoms with Crippen molar-refractivity contribution < 1.29 is 0 Å². The maximum Gasteiger partial charge on any atom is 0.210 e. The van der Waals surface area contributed by atoms with Gasteiger partial charge in [0.05, 0.1) is 20.9 Å². The third-order valence-electron chi connectivity index (χ3n) is 3.64. The Kier molecular flexibility index (Phi) is 3.89. The number of allylic oxidation sites excluding steroid dienone is 1. The first-order valence-corrected chi connectivity index (χ1v) is 9.13. The minimum absolute atomic E-state index is 0.798. The molecule has 0 atom stereocenters. The van der Waals surface area contributed by atoms with E-state index in [0.717, 1.165) is 17.2 Å². The molecule has 0 fully saturated rings. The van der Waals surface area contributed by atoms with Crippen LogP contribution in [0.1, 0.15) is 6.92 Å². The van der Waals surface area contributed by atoms with Gasteiger partial charge in [-0.2, -0.15) is 0 Å². The topological polar surface area (TPSA) is 28.5 Å². The molecule has 0 bridgehead atoms. The normalized spacial score (nSPS) is 15.9. The molecule has 0 saturated heterocycles. The van der Waals surface area contributed by atoms with Crippen LogP contribution in [0.25, 0.3) is 10.2 Å². The van der Waals surface area contributed by atoms with E-state index in [0.29, 0.717) is 0 Å². The number of benzene rings is 2. The molecule has 0 spiro atoms. The van der Waals surface area contributed by atoms with Crippen molar-refractivity contribution in [3.63, 3.8) is 0 Å². The fourth-order valence-electron chi connectivity index (χ4n) is 2.58. The predicted octanol–water partition coefficient (Wildman–Crippen LogP) is 5.47. The molecule has 0 unspecified atom stereocenters. The minimum Gasteiger partial charge on any atom is -0.335 e. The van der Waals surface area contributed by atoms with Crippen molar-refractivity contribution in [2.75, 3.05) is 11.4 Å². The molecule has 23 heavy (non-hydrogen) atoms. The lowest BCUT2D eigenvalue weighted by molar-refractivity contribution is 1.00. The van der Waals surface area contributed by atoms with Gasteiger partial charge in [0.1, 0.15) is 0 Å². The van der Waals surface area contributed by atoms with Gasteiger partial charge < -0.3 is 4.90 Å². The van der Waals surface area contributed by atoms with Gasteiger partial charge in [-0.1, -0.05) is 47.4 Å². The Balaban J connectivity index is 1.59. The fraction of sp³-hybridized carbons (Fsp3) is 0.111. The number of anilines is 1. The van der Waals surface area contributed by atoms with Crippen LogP contribution >= 0.6 is 23.1 Å². The van der Waals surface area contributed by atoms with E-state index in [1.807, 2.05) is 24.4 Å². The van der Waals surface area contributed by atoms with E-state index in [1.165, 1.54) is 20.3 Å². The van der Waals surface area contributed by atoms with Crippen LogP contribution in [0.4, 0.5) is 10.8 Å². The summed E-state index contributed by atoms with van der Waals surface area (Å²) in [5, 5.41) is 2.00. The Labute approximate surface area is 143 Å². The van der Waals surface area contributed by atoms with Gasteiger partial charge in [-0.15, -0.1) is 0 Å². The molecule has 3 nitrogen and oxygen atoms in total. The lowest BCUT2D eigenvalue weighted by Gasteiger charge is -2.17. The lowest BCUT2D eigenvalue weighted by atomic mass is 10.3. The zero-order chi connectivity index (χ0) is 15.6. The predicted molar refractivity (Wildman–Crippen MR) is 101 cm³/mol. The van der Waals surface area contributed by atoms with Gasteiger partial charge in [-0.25, -0.2) is 9.98 Å².